The zero-order chi connectivity index (χ0) is 17.3. The second-order valence-corrected chi connectivity index (χ2v) is 9.76. The van der Waals surface area contributed by atoms with E-state index in [-0.39, 0.29) is 29.0 Å². The van der Waals surface area contributed by atoms with Gasteiger partial charge in [0.1, 0.15) is 0 Å². The molecule has 0 aromatic rings. The Kier molecular flexibility index (Phi) is 3.77. The second-order valence-electron chi connectivity index (χ2n) is 9.76. The minimum atomic E-state index is -0.640. The van der Waals surface area contributed by atoms with Crippen LogP contribution < -0.4 is 0 Å². The average Bonchev–Trinajstić information content (AvgIpc) is 2.80. The first-order valence-corrected chi connectivity index (χ1v) is 10.0. The normalized spacial score (nSPS) is 55.2. The predicted molar refractivity (Wildman–Crippen MR) is 94.3 cm³/mol. The number of aliphatic hydroxyl groups excluding tert-OH is 2. The molecule has 0 radical (unpaired) electrons. The molecular formula is C21H34O3. The second kappa shape index (κ2) is 5.31. The summed E-state index contributed by atoms with van der Waals surface area (Å²) in [4.78, 5) is 0. The summed E-state index contributed by atoms with van der Waals surface area (Å²) in [6, 6.07) is 0. The fourth-order valence-corrected chi connectivity index (χ4v) is 7.42. The van der Waals surface area contributed by atoms with E-state index in [4.69, 9.17) is 0 Å². The highest BCUT2D eigenvalue weighted by Crippen LogP contribution is 2.68. The van der Waals surface area contributed by atoms with Crippen LogP contribution in [-0.4, -0.2) is 33.1 Å². The van der Waals surface area contributed by atoms with Crippen molar-refractivity contribution in [1.82, 2.24) is 0 Å². The minimum absolute atomic E-state index is 0.155. The van der Waals surface area contributed by atoms with Crippen LogP contribution in [0, 0.1) is 28.6 Å². The summed E-state index contributed by atoms with van der Waals surface area (Å²) in [5.74, 6) is 1.05. The zero-order valence-electron chi connectivity index (χ0n) is 15.5. The first kappa shape index (κ1) is 17.1. The van der Waals surface area contributed by atoms with Crippen LogP contribution >= 0.6 is 0 Å². The van der Waals surface area contributed by atoms with Crippen molar-refractivity contribution >= 4 is 0 Å². The van der Waals surface area contributed by atoms with Gasteiger partial charge in [0.05, 0.1) is 17.8 Å². The molecule has 8 unspecified atom stereocenters. The lowest BCUT2D eigenvalue weighted by molar-refractivity contribution is -0.186. The maximum atomic E-state index is 11.9. The molecule has 0 saturated heterocycles. The Morgan fingerprint density at radius 3 is 2.54 bits per heavy atom. The van der Waals surface area contributed by atoms with Crippen molar-refractivity contribution in [2.75, 3.05) is 0 Å². The largest absolute Gasteiger partial charge is 0.393 e. The summed E-state index contributed by atoms with van der Waals surface area (Å²) >= 11 is 0. The SMILES string of the molecule is CC(O)C1CCC2(O)C3CC=C4CC(O)CCC4(C)C3CCC12C. The summed E-state index contributed by atoms with van der Waals surface area (Å²) in [7, 11) is 0. The van der Waals surface area contributed by atoms with Gasteiger partial charge < -0.3 is 15.3 Å². The van der Waals surface area contributed by atoms with Crippen LogP contribution in [-0.2, 0) is 0 Å². The molecule has 0 aromatic carbocycles. The third-order valence-corrected chi connectivity index (χ3v) is 8.92. The van der Waals surface area contributed by atoms with Gasteiger partial charge in [-0.3, -0.25) is 0 Å². The molecule has 8 atom stereocenters. The summed E-state index contributed by atoms with van der Waals surface area (Å²) in [5, 5.41) is 32.2. The molecule has 0 aromatic heterocycles. The Labute approximate surface area is 146 Å². The van der Waals surface area contributed by atoms with Crippen molar-refractivity contribution in [2.24, 2.45) is 28.6 Å². The fraction of sp³-hybridized carbons (Fsp3) is 0.905. The van der Waals surface area contributed by atoms with Crippen LogP contribution in [0.25, 0.3) is 0 Å². The summed E-state index contributed by atoms with van der Waals surface area (Å²) < 4.78 is 0. The van der Waals surface area contributed by atoms with Gasteiger partial charge in [-0.25, -0.2) is 0 Å². The van der Waals surface area contributed by atoms with Crippen molar-refractivity contribution in [2.45, 2.75) is 89.9 Å². The van der Waals surface area contributed by atoms with Gasteiger partial charge >= 0.3 is 0 Å². The van der Waals surface area contributed by atoms with E-state index in [2.05, 4.69) is 19.9 Å². The lowest BCUT2D eigenvalue weighted by Crippen LogP contribution is -2.61. The highest BCUT2D eigenvalue weighted by molar-refractivity contribution is 5.28. The first-order valence-electron chi connectivity index (χ1n) is 10.0. The molecule has 3 N–H and O–H groups in total. The maximum Gasteiger partial charge on any atom is 0.0738 e. The van der Waals surface area contributed by atoms with E-state index >= 15 is 0 Å². The van der Waals surface area contributed by atoms with Crippen LogP contribution in [0.2, 0.25) is 0 Å². The molecule has 3 fully saturated rings. The van der Waals surface area contributed by atoms with E-state index in [0.717, 1.165) is 51.4 Å². The summed E-state index contributed by atoms with van der Waals surface area (Å²) in [6.07, 6.45) is 9.50. The number of fused-ring (bicyclic) bond motifs is 5. The number of allylic oxidation sites excluding steroid dienone is 1. The van der Waals surface area contributed by atoms with Crippen LogP contribution in [0.4, 0.5) is 0 Å². The fourth-order valence-electron chi connectivity index (χ4n) is 7.42. The molecule has 4 rings (SSSR count). The van der Waals surface area contributed by atoms with E-state index < -0.39 is 5.60 Å². The molecule has 3 heteroatoms. The topological polar surface area (TPSA) is 60.7 Å². The highest BCUT2D eigenvalue weighted by Gasteiger charge is 2.66. The quantitative estimate of drug-likeness (QED) is 0.644. The zero-order valence-corrected chi connectivity index (χ0v) is 15.5. The van der Waals surface area contributed by atoms with Gasteiger partial charge in [0.25, 0.3) is 0 Å². The molecule has 3 nitrogen and oxygen atoms in total. The molecule has 0 amide bonds. The van der Waals surface area contributed by atoms with E-state index in [1.165, 1.54) is 5.57 Å². The van der Waals surface area contributed by atoms with Gasteiger partial charge in [-0.15, -0.1) is 0 Å². The van der Waals surface area contributed by atoms with Gasteiger partial charge in [-0.2, -0.15) is 0 Å². The number of rotatable bonds is 1. The summed E-state index contributed by atoms with van der Waals surface area (Å²) in [5.41, 5.74) is 0.804. The van der Waals surface area contributed by atoms with E-state index in [1.54, 1.807) is 0 Å². The van der Waals surface area contributed by atoms with Gasteiger partial charge in [0, 0.05) is 5.41 Å². The molecule has 0 bridgehead atoms. The molecule has 0 spiro atoms. The molecule has 0 aliphatic heterocycles. The van der Waals surface area contributed by atoms with Crippen LogP contribution in [0.5, 0.6) is 0 Å². The van der Waals surface area contributed by atoms with Crippen LogP contribution in [0.15, 0.2) is 11.6 Å². The van der Waals surface area contributed by atoms with E-state index in [1.807, 2.05) is 6.92 Å². The minimum Gasteiger partial charge on any atom is -0.393 e. The van der Waals surface area contributed by atoms with E-state index in [0.29, 0.717) is 11.8 Å². The van der Waals surface area contributed by atoms with E-state index in [9.17, 15) is 15.3 Å². The lowest BCUT2D eigenvalue weighted by atomic mass is 9.45. The molecule has 24 heavy (non-hydrogen) atoms. The Morgan fingerprint density at radius 2 is 1.83 bits per heavy atom. The molecule has 4 aliphatic carbocycles. The predicted octanol–water partition coefficient (Wildman–Crippen LogP) is 3.42. The summed E-state index contributed by atoms with van der Waals surface area (Å²) in [6.45, 7) is 6.52. The number of hydrogen-bond donors (Lipinski definition) is 3. The molecule has 0 heterocycles. The lowest BCUT2D eigenvalue weighted by Gasteiger charge is -2.61. The maximum absolute atomic E-state index is 11.9. The first-order chi connectivity index (χ1) is 11.2. The smallest absolute Gasteiger partial charge is 0.0738 e. The Bertz CT molecular complexity index is 555. The van der Waals surface area contributed by atoms with Gasteiger partial charge in [0.15, 0.2) is 0 Å². The van der Waals surface area contributed by atoms with Crippen molar-refractivity contribution in [3.8, 4) is 0 Å². The number of aliphatic hydroxyl groups is 3. The molecule has 136 valence electrons. The third-order valence-electron chi connectivity index (χ3n) is 8.92. The van der Waals surface area contributed by atoms with Crippen LogP contribution in [0.1, 0.15) is 72.1 Å². The standard InChI is InChI=1S/C21H34O3/c1-13(22)16-8-11-21(24)18-5-4-14-12-15(23)6-9-19(14,2)17(18)7-10-20(16,21)3/h4,13,15-18,22-24H,5-12H2,1-3H3. The molecule has 3 saturated carbocycles. The van der Waals surface area contributed by atoms with Gasteiger partial charge in [-0.05, 0) is 81.5 Å². The molecular weight excluding hydrogens is 300 g/mol. The van der Waals surface area contributed by atoms with Crippen molar-refractivity contribution in [3.63, 3.8) is 0 Å². The van der Waals surface area contributed by atoms with Crippen molar-refractivity contribution in [1.29, 1.82) is 0 Å². The van der Waals surface area contributed by atoms with Crippen molar-refractivity contribution < 1.29 is 15.3 Å². The van der Waals surface area contributed by atoms with Crippen molar-refractivity contribution in [3.05, 3.63) is 11.6 Å². The average molecular weight is 335 g/mol. The Morgan fingerprint density at radius 1 is 1.08 bits per heavy atom. The highest BCUT2D eigenvalue weighted by atomic mass is 16.3. The third kappa shape index (κ3) is 2.01. The van der Waals surface area contributed by atoms with Gasteiger partial charge in [0.2, 0.25) is 0 Å². The monoisotopic (exact) mass is 334 g/mol. The Balaban J connectivity index is 1.71. The Hall–Kier alpha value is -0.380. The van der Waals surface area contributed by atoms with Gasteiger partial charge in [-0.1, -0.05) is 25.5 Å². The van der Waals surface area contributed by atoms with Crippen LogP contribution in [0.3, 0.4) is 0 Å². The molecule has 4 aliphatic rings. The number of hydrogen-bond acceptors (Lipinski definition) is 3.